The van der Waals surface area contributed by atoms with E-state index < -0.39 is 18.1 Å². The molecule has 8 heteroatoms. The smallest absolute Gasteiger partial charge is 0.320 e. The number of amides is 2. The van der Waals surface area contributed by atoms with Crippen LogP contribution in [0, 0.1) is 0 Å². The number of hydrogen-bond donors (Lipinski definition) is 5. The van der Waals surface area contributed by atoms with Crippen molar-refractivity contribution >= 4 is 29.2 Å². The van der Waals surface area contributed by atoms with Gasteiger partial charge in [-0.05, 0) is 61.1 Å². The van der Waals surface area contributed by atoms with Gasteiger partial charge in [-0.2, -0.15) is 0 Å². The molecule has 2 amide bonds. The molecule has 8 nitrogen and oxygen atoms in total. The molecule has 0 spiro atoms. The monoisotopic (exact) mass is 412 g/mol. The predicted molar refractivity (Wildman–Crippen MR) is 116 cm³/mol. The summed E-state index contributed by atoms with van der Waals surface area (Å²) < 4.78 is 0. The number of nitrogens with two attached hydrogens (primary N) is 2. The predicted octanol–water partition coefficient (Wildman–Crippen LogP) is 2.08. The summed E-state index contributed by atoms with van der Waals surface area (Å²) in [4.78, 5) is 34.0. The summed E-state index contributed by atoms with van der Waals surface area (Å²) in [6.45, 7) is 1.47. The van der Waals surface area contributed by atoms with E-state index in [2.05, 4.69) is 10.6 Å². The maximum atomic E-state index is 12.2. The third-order valence-electron chi connectivity index (χ3n) is 4.59. The molecule has 2 atom stereocenters. The van der Waals surface area contributed by atoms with Gasteiger partial charge in [0.1, 0.15) is 6.04 Å². The zero-order chi connectivity index (χ0) is 22.1. The van der Waals surface area contributed by atoms with E-state index in [1.165, 1.54) is 6.92 Å². The molecule has 0 bridgehead atoms. The van der Waals surface area contributed by atoms with Crippen molar-refractivity contribution in [1.82, 2.24) is 0 Å². The molecule has 0 aliphatic heterocycles. The first-order chi connectivity index (χ1) is 14.2. The zero-order valence-corrected chi connectivity index (χ0v) is 16.9. The van der Waals surface area contributed by atoms with Crippen molar-refractivity contribution in [2.24, 2.45) is 11.5 Å². The van der Waals surface area contributed by atoms with Crippen LogP contribution in [-0.2, 0) is 20.8 Å². The highest BCUT2D eigenvalue weighted by atomic mass is 16.4. The summed E-state index contributed by atoms with van der Waals surface area (Å²) in [5.74, 6) is -1.49. The van der Waals surface area contributed by atoms with E-state index in [9.17, 15) is 14.4 Å². The average molecular weight is 412 g/mol. The first-order valence-corrected chi connectivity index (χ1v) is 9.75. The van der Waals surface area contributed by atoms with Gasteiger partial charge in [0.15, 0.2) is 0 Å². The fraction of sp³-hybridized carbons (Fsp3) is 0.318. The van der Waals surface area contributed by atoms with Crippen LogP contribution >= 0.6 is 0 Å². The van der Waals surface area contributed by atoms with Gasteiger partial charge in [-0.15, -0.1) is 0 Å². The maximum absolute atomic E-state index is 12.2. The molecule has 160 valence electrons. The van der Waals surface area contributed by atoms with E-state index in [4.69, 9.17) is 16.6 Å². The van der Waals surface area contributed by atoms with Gasteiger partial charge in [-0.1, -0.05) is 24.3 Å². The van der Waals surface area contributed by atoms with Crippen molar-refractivity contribution < 1.29 is 19.5 Å². The van der Waals surface area contributed by atoms with Gasteiger partial charge in [0, 0.05) is 18.3 Å². The Morgan fingerprint density at radius 3 is 1.77 bits per heavy atom. The Morgan fingerprint density at radius 2 is 1.30 bits per heavy atom. The van der Waals surface area contributed by atoms with E-state index in [-0.39, 0.29) is 18.2 Å². The quantitative estimate of drug-likeness (QED) is 0.404. The van der Waals surface area contributed by atoms with Gasteiger partial charge in [0.2, 0.25) is 11.8 Å². The van der Waals surface area contributed by atoms with Crippen LogP contribution in [0.5, 0.6) is 0 Å². The minimum Gasteiger partial charge on any atom is -0.480 e. The molecule has 0 aliphatic rings. The Balaban J connectivity index is 1.82. The molecule has 0 saturated carbocycles. The standard InChI is InChI=1S/C22H28N4O4/c1-14(27)25-17-9-5-15(6-10-17)13-16-7-11-18(12-8-16)26-21(28)19(23)3-2-4-20(24)22(29)30/h5-12,19-20H,2-4,13,23-24H2,1H3,(H,25,27)(H,26,28)(H,29,30)/t19?,20-/m0/s1. The summed E-state index contributed by atoms with van der Waals surface area (Å²) in [6.07, 6.45) is 1.82. The van der Waals surface area contributed by atoms with Crippen molar-refractivity contribution in [2.75, 3.05) is 10.6 Å². The van der Waals surface area contributed by atoms with Gasteiger partial charge in [-0.3, -0.25) is 14.4 Å². The van der Waals surface area contributed by atoms with Crippen molar-refractivity contribution in [3.8, 4) is 0 Å². The Hall–Kier alpha value is -3.23. The Labute approximate surface area is 175 Å². The highest BCUT2D eigenvalue weighted by Crippen LogP contribution is 2.16. The molecular formula is C22H28N4O4. The number of carbonyl (C=O) groups is 3. The van der Waals surface area contributed by atoms with E-state index in [1.807, 2.05) is 48.5 Å². The van der Waals surface area contributed by atoms with Crippen molar-refractivity contribution in [3.63, 3.8) is 0 Å². The largest absolute Gasteiger partial charge is 0.480 e. The summed E-state index contributed by atoms with van der Waals surface area (Å²) in [7, 11) is 0. The van der Waals surface area contributed by atoms with Crippen LogP contribution < -0.4 is 22.1 Å². The molecule has 2 rings (SSSR count). The van der Waals surface area contributed by atoms with Crippen LogP contribution in [0.15, 0.2) is 48.5 Å². The molecule has 2 aromatic rings. The summed E-state index contributed by atoms with van der Waals surface area (Å²) in [5.41, 5.74) is 14.9. The molecular weight excluding hydrogens is 384 g/mol. The Kier molecular flexibility index (Phi) is 8.52. The molecule has 1 unspecified atom stereocenters. The number of carboxylic acids is 1. The molecule has 30 heavy (non-hydrogen) atoms. The number of nitrogens with one attached hydrogen (secondary N) is 2. The highest BCUT2D eigenvalue weighted by Gasteiger charge is 2.16. The summed E-state index contributed by atoms with van der Waals surface area (Å²) in [6, 6.07) is 13.4. The Bertz CT molecular complexity index is 866. The lowest BCUT2D eigenvalue weighted by atomic mass is 10.0. The number of hydrogen-bond acceptors (Lipinski definition) is 5. The van der Waals surface area contributed by atoms with Crippen LogP contribution in [-0.4, -0.2) is 35.0 Å². The second-order valence-corrected chi connectivity index (χ2v) is 7.22. The van der Waals surface area contributed by atoms with Gasteiger partial charge in [0.05, 0.1) is 6.04 Å². The highest BCUT2D eigenvalue weighted by molar-refractivity contribution is 5.94. The van der Waals surface area contributed by atoms with Crippen LogP contribution in [0.25, 0.3) is 0 Å². The number of aliphatic carboxylic acids is 1. The minimum atomic E-state index is -1.06. The van der Waals surface area contributed by atoms with Crippen molar-refractivity contribution in [2.45, 2.75) is 44.7 Å². The normalized spacial score (nSPS) is 12.6. The lowest BCUT2D eigenvalue weighted by Gasteiger charge is -2.13. The van der Waals surface area contributed by atoms with Crippen molar-refractivity contribution in [3.05, 3.63) is 59.7 Å². The first-order valence-electron chi connectivity index (χ1n) is 9.75. The molecule has 0 aliphatic carbocycles. The van der Waals surface area contributed by atoms with E-state index in [0.29, 0.717) is 18.5 Å². The lowest BCUT2D eigenvalue weighted by Crippen LogP contribution is -2.36. The number of rotatable bonds is 10. The van der Waals surface area contributed by atoms with E-state index >= 15 is 0 Å². The third-order valence-corrected chi connectivity index (χ3v) is 4.59. The molecule has 0 aromatic heterocycles. The van der Waals surface area contributed by atoms with Gasteiger partial charge < -0.3 is 27.2 Å². The summed E-state index contributed by atoms with van der Waals surface area (Å²) >= 11 is 0. The fourth-order valence-corrected chi connectivity index (χ4v) is 2.90. The maximum Gasteiger partial charge on any atom is 0.320 e. The first kappa shape index (κ1) is 23.1. The van der Waals surface area contributed by atoms with Gasteiger partial charge >= 0.3 is 5.97 Å². The average Bonchev–Trinajstić information content (AvgIpc) is 2.70. The van der Waals surface area contributed by atoms with Crippen molar-refractivity contribution in [1.29, 1.82) is 0 Å². The SMILES string of the molecule is CC(=O)Nc1ccc(Cc2ccc(NC(=O)C(N)CCC[C@H](N)C(=O)O)cc2)cc1. The van der Waals surface area contributed by atoms with Crippen LogP contribution in [0.3, 0.4) is 0 Å². The molecule has 0 fully saturated rings. The fourth-order valence-electron chi connectivity index (χ4n) is 2.90. The number of benzene rings is 2. The number of anilines is 2. The van der Waals surface area contributed by atoms with E-state index in [1.54, 1.807) is 0 Å². The topological polar surface area (TPSA) is 148 Å². The second kappa shape index (κ2) is 11.1. The van der Waals surface area contributed by atoms with Gasteiger partial charge in [0.25, 0.3) is 0 Å². The third kappa shape index (κ3) is 7.65. The van der Waals surface area contributed by atoms with Crippen LogP contribution in [0.4, 0.5) is 11.4 Å². The van der Waals surface area contributed by atoms with Crippen LogP contribution in [0.2, 0.25) is 0 Å². The van der Waals surface area contributed by atoms with Gasteiger partial charge in [-0.25, -0.2) is 0 Å². The number of carbonyl (C=O) groups excluding carboxylic acids is 2. The lowest BCUT2D eigenvalue weighted by molar-refractivity contribution is -0.138. The van der Waals surface area contributed by atoms with Crippen LogP contribution in [0.1, 0.15) is 37.3 Å². The van der Waals surface area contributed by atoms with E-state index in [0.717, 1.165) is 23.2 Å². The molecule has 7 N–H and O–H groups in total. The second-order valence-electron chi connectivity index (χ2n) is 7.22. The zero-order valence-electron chi connectivity index (χ0n) is 16.9. The number of carboxylic acid groups (broad SMARTS) is 1. The molecule has 0 saturated heterocycles. The molecule has 0 heterocycles. The molecule has 0 radical (unpaired) electrons. The molecule has 2 aromatic carbocycles. The Morgan fingerprint density at radius 1 is 0.833 bits per heavy atom. The minimum absolute atomic E-state index is 0.107. The summed E-state index contributed by atoms with van der Waals surface area (Å²) in [5, 5.41) is 14.3.